The molecule has 0 spiro atoms. The summed E-state index contributed by atoms with van der Waals surface area (Å²) in [7, 11) is 6.21. The Morgan fingerprint density at radius 1 is 1.11 bits per heavy atom. The average molecular weight is 265 g/mol. The van der Waals surface area contributed by atoms with Gasteiger partial charge in [-0.3, -0.25) is 0 Å². The zero-order chi connectivity index (χ0) is 14.2. The van der Waals surface area contributed by atoms with Crippen molar-refractivity contribution in [3.05, 3.63) is 17.8 Å². The second kappa shape index (κ2) is 4.72. The van der Waals surface area contributed by atoms with Crippen LogP contribution in [-0.4, -0.2) is 37.0 Å². The summed E-state index contributed by atoms with van der Waals surface area (Å²) in [4.78, 5) is 11.2. The number of benzene rings is 1. The van der Waals surface area contributed by atoms with Gasteiger partial charge in [-0.2, -0.15) is 0 Å². The van der Waals surface area contributed by atoms with E-state index in [1.807, 2.05) is 0 Å². The SMILES string of the molecule is COc1cc2c(cc(C(=O)O)n2C)c(OC)c1OC. The number of carboxylic acids is 1. The molecule has 2 rings (SSSR count). The van der Waals surface area contributed by atoms with Crippen molar-refractivity contribution in [3.63, 3.8) is 0 Å². The molecular formula is C13H15NO5. The van der Waals surface area contributed by atoms with Crippen LogP contribution in [0.3, 0.4) is 0 Å². The third-order valence-electron chi connectivity index (χ3n) is 3.07. The van der Waals surface area contributed by atoms with Crippen LogP contribution in [0.1, 0.15) is 10.5 Å². The van der Waals surface area contributed by atoms with Crippen molar-refractivity contribution in [3.8, 4) is 17.2 Å². The Balaban J connectivity index is 2.89. The highest BCUT2D eigenvalue weighted by Gasteiger charge is 2.21. The van der Waals surface area contributed by atoms with Crippen molar-refractivity contribution in [1.82, 2.24) is 4.57 Å². The Morgan fingerprint density at radius 2 is 1.74 bits per heavy atom. The van der Waals surface area contributed by atoms with Crippen LogP contribution < -0.4 is 14.2 Å². The molecule has 0 fully saturated rings. The molecule has 0 radical (unpaired) electrons. The Morgan fingerprint density at radius 3 is 2.21 bits per heavy atom. The number of fused-ring (bicyclic) bond motifs is 1. The number of hydrogen-bond donors (Lipinski definition) is 1. The van der Waals surface area contributed by atoms with Crippen LogP contribution in [0.4, 0.5) is 0 Å². The van der Waals surface area contributed by atoms with E-state index in [1.165, 1.54) is 21.3 Å². The average Bonchev–Trinajstić information content (AvgIpc) is 2.73. The minimum absolute atomic E-state index is 0.170. The van der Waals surface area contributed by atoms with Gasteiger partial charge in [-0.05, 0) is 6.07 Å². The fourth-order valence-electron chi connectivity index (χ4n) is 2.15. The first-order chi connectivity index (χ1) is 9.04. The summed E-state index contributed by atoms with van der Waals surface area (Å²) in [6, 6.07) is 3.28. The lowest BCUT2D eigenvalue weighted by Gasteiger charge is -2.13. The molecule has 1 heterocycles. The molecule has 6 nitrogen and oxygen atoms in total. The van der Waals surface area contributed by atoms with Gasteiger partial charge in [0.05, 0.1) is 26.8 Å². The molecule has 1 aromatic carbocycles. The van der Waals surface area contributed by atoms with Gasteiger partial charge < -0.3 is 23.9 Å². The van der Waals surface area contributed by atoms with Gasteiger partial charge >= 0.3 is 5.97 Å². The highest BCUT2D eigenvalue weighted by molar-refractivity contribution is 5.99. The maximum Gasteiger partial charge on any atom is 0.352 e. The van der Waals surface area contributed by atoms with Gasteiger partial charge in [-0.1, -0.05) is 0 Å². The summed E-state index contributed by atoms with van der Waals surface area (Å²) >= 11 is 0. The van der Waals surface area contributed by atoms with Crippen molar-refractivity contribution in [2.75, 3.05) is 21.3 Å². The first kappa shape index (κ1) is 13.1. The highest BCUT2D eigenvalue weighted by atomic mass is 16.5. The molecule has 0 bridgehead atoms. The first-order valence-electron chi connectivity index (χ1n) is 5.56. The molecule has 0 unspecified atom stereocenters. The molecule has 0 aliphatic carbocycles. The molecule has 19 heavy (non-hydrogen) atoms. The molecule has 0 amide bonds. The lowest BCUT2D eigenvalue weighted by Crippen LogP contribution is -2.03. The number of carboxylic acid groups (broad SMARTS) is 1. The van der Waals surface area contributed by atoms with Crippen LogP contribution >= 0.6 is 0 Å². The van der Waals surface area contributed by atoms with E-state index in [2.05, 4.69) is 0 Å². The molecule has 1 aromatic heterocycles. The van der Waals surface area contributed by atoms with Gasteiger partial charge in [0.1, 0.15) is 5.69 Å². The van der Waals surface area contributed by atoms with E-state index in [0.717, 1.165) is 0 Å². The number of ether oxygens (including phenoxy) is 3. The van der Waals surface area contributed by atoms with Crippen molar-refractivity contribution >= 4 is 16.9 Å². The van der Waals surface area contributed by atoms with Crippen LogP contribution in [0.5, 0.6) is 17.2 Å². The van der Waals surface area contributed by atoms with Crippen LogP contribution in [0, 0.1) is 0 Å². The minimum Gasteiger partial charge on any atom is -0.493 e. The molecule has 0 aliphatic heterocycles. The van der Waals surface area contributed by atoms with Gasteiger partial charge in [-0.15, -0.1) is 0 Å². The quantitative estimate of drug-likeness (QED) is 0.914. The lowest BCUT2D eigenvalue weighted by atomic mass is 10.2. The smallest absolute Gasteiger partial charge is 0.352 e. The van der Waals surface area contributed by atoms with Crippen molar-refractivity contribution in [2.45, 2.75) is 0 Å². The van der Waals surface area contributed by atoms with Crippen LogP contribution in [0.2, 0.25) is 0 Å². The van der Waals surface area contributed by atoms with E-state index in [4.69, 9.17) is 19.3 Å². The standard InChI is InChI=1S/C13H15NO5/c1-14-8-6-10(17-2)12(19-4)11(18-3)7(8)5-9(14)13(15)16/h5-6H,1-4H3,(H,15,16). The van der Waals surface area contributed by atoms with Gasteiger partial charge in [0.2, 0.25) is 5.75 Å². The molecule has 2 aromatic rings. The van der Waals surface area contributed by atoms with Gasteiger partial charge in [0, 0.05) is 18.5 Å². The molecule has 0 saturated carbocycles. The number of rotatable bonds is 4. The maximum absolute atomic E-state index is 11.2. The Labute approximate surface area is 110 Å². The highest BCUT2D eigenvalue weighted by Crippen LogP contribution is 2.44. The summed E-state index contributed by atoms with van der Waals surface area (Å²) in [5.74, 6) is 0.392. The number of carbonyl (C=O) groups is 1. The van der Waals surface area contributed by atoms with Crippen molar-refractivity contribution in [1.29, 1.82) is 0 Å². The van der Waals surface area contributed by atoms with Crippen LogP contribution in [-0.2, 0) is 7.05 Å². The van der Waals surface area contributed by atoms with Crippen molar-refractivity contribution in [2.24, 2.45) is 7.05 Å². The van der Waals surface area contributed by atoms with E-state index in [0.29, 0.717) is 28.2 Å². The zero-order valence-electron chi connectivity index (χ0n) is 11.2. The summed E-state index contributed by atoms with van der Waals surface area (Å²) in [6.45, 7) is 0. The van der Waals surface area contributed by atoms with Crippen LogP contribution in [0.15, 0.2) is 12.1 Å². The van der Waals surface area contributed by atoms with E-state index < -0.39 is 5.97 Å². The topological polar surface area (TPSA) is 69.9 Å². The molecule has 0 saturated heterocycles. The second-order valence-electron chi connectivity index (χ2n) is 3.97. The largest absolute Gasteiger partial charge is 0.493 e. The van der Waals surface area contributed by atoms with E-state index in [1.54, 1.807) is 23.7 Å². The number of hydrogen-bond acceptors (Lipinski definition) is 4. The fraction of sp³-hybridized carbons (Fsp3) is 0.308. The lowest BCUT2D eigenvalue weighted by molar-refractivity contribution is 0.0687. The van der Waals surface area contributed by atoms with Crippen molar-refractivity contribution < 1.29 is 24.1 Å². The summed E-state index contributed by atoms with van der Waals surface area (Å²) < 4.78 is 17.4. The number of aromatic nitrogens is 1. The first-order valence-corrected chi connectivity index (χ1v) is 5.56. The van der Waals surface area contributed by atoms with E-state index in [9.17, 15) is 4.79 Å². The molecule has 0 aliphatic rings. The fourth-order valence-corrected chi connectivity index (χ4v) is 2.15. The predicted octanol–water partition coefficient (Wildman–Crippen LogP) is 1.90. The number of methoxy groups -OCH3 is 3. The molecule has 6 heteroatoms. The second-order valence-corrected chi connectivity index (χ2v) is 3.97. The summed E-state index contributed by atoms with van der Waals surface area (Å²) in [5.41, 5.74) is 0.871. The predicted molar refractivity (Wildman–Crippen MR) is 69.5 cm³/mol. The Hall–Kier alpha value is -2.37. The van der Waals surface area contributed by atoms with Gasteiger partial charge in [0.15, 0.2) is 11.5 Å². The third kappa shape index (κ3) is 1.85. The third-order valence-corrected chi connectivity index (χ3v) is 3.07. The monoisotopic (exact) mass is 265 g/mol. The molecule has 1 N–H and O–H groups in total. The molecule has 102 valence electrons. The number of aromatic carboxylic acids is 1. The minimum atomic E-state index is -1.00. The summed E-state index contributed by atoms with van der Waals surface area (Å²) in [5, 5.41) is 9.83. The summed E-state index contributed by atoms with van der Waals surface area (Å²) in [6.07, 6.45) is 0. The zero-order valence-corrected chi connectivity index (χ0v) is 11.2. The number of nitrogens with zero attached hydrogens (tertiary/aromatic N) is 1. The Kier molecular flexibility index (Phi) is 3.25. The van der Waals surface area contributed by atoms with Gasteiger partial charge in [-0.25, -0.2) is 4.79 Å². The molecule has 0 atom stereocenters. The van der Waals surface area contributed by atoms with Gasteiger partial charge in [0.25, 0.3) is 0 Å². The van der Waals surface area contributed by atoms with Crippen LogP contribution in [0.25, 0.3) is 10.9 Å². The molecular weight excluding hydrogens is 250 g/mol. The van der Waals surface area contributed by atoms with E-state index >= 15 is 0 Å². The maximum atomic E-state index is 11.2. The number of aryl methyl sites for hydroxylation is 1. The Bertz CT molecular complexity index is 644. The normalized spacial score (nSPS) is 10.5. The van der Waals surface area contributed by atoms with E-state index in [-0.39, 0.29) is 5.69 Å².